The molecular weight excluding hydrogens is 271 g/mol. The Kier molecular flexibility index (Phi) is 3.80. The summed E-state index contributed by atoms with van der Waals surface area (Å²) in [6, 6.07) is 3.47. The van der Waals surface area contributed by atoms with Gasteiger partial charge in [-0.3, -0.25) is 0 Å². The molecule has 1 fully saturated rings. The fraction of sp³-hybridized carbons (Fsp3) is 0.500. The standard InChI is InChI=1S/C12H17FN2O3S/c1-18-12(5-2-6-12)8-15-19(16,17)11-7-9(14)3-4-10(11)13/h3-4,7,15H,2,5-6,8,14H2,1H3. The van der Waals surface area contributed by atoms with E-state index < -0.39 is 26.3 Å². The summed E-state index contributed by atoms with van der Waals surface area (Å²) < 4.78 is 45.4. The number of ether oxygens (including phenoxy) is 1. The number of nitrogens with one attached hydrogen (secondary N) is 1. The van der Waals surface area contributed by atoms with Gasteiger partial charge in [-0.05, 0) is 37.5 Å². The number of sulfonamides is 1. The van der Waals surface area contributed by atoms with Crippen LogP contribution in [0.4, 0.5) is 10.1 Å². The van der Waals surface area contributed by atoms with Crippen LogP contribution in [0, 0.1) is 5.82 Å². The third-order valence-electron chi connectivity index (χ3n) is 3.53. The van der Waals surface area contributed by atoms with Crippen LogP contribution in [0.5, 0.6) is 0 Å². The summed E-state index contributed by atoms with van der Waals surface area (Å²) in [6.07, 6.45) is 2.60. The van der Waals surface area contributed by atoms with E-state index in [4.69, 9.17) is 10.5 Å². The Morgan fingerprint density at radius 2 is 2.16 bits per heavy atom. The van der Waals surface area contributed by atoms with Gasteiger partial charge in [0.2, 0.25) is 10.0 Å². The van der Waals surface area contributed by atoms with Gasteiger partial charge in [0.05, 0.1) is 5.60 Å². The molecule has 19 heavy (non-hydrogen) atoms. The van der Waals surface area contributed by atoms with Crippen LogP contribution in [-0.4, -0.2) is 27.7 Å². The molecule has 0 radical (unpaired) electrons. The maximum Gasteiger partial charge on any atom is 0.243 e. The summed E-state index contributed by atoms with van der Waals surface area (Å²) in [5.74, 6) is -0.818. The topological polar surface area (TPSA) is 81.4 Å². The van der Waals surface area contributed by atoms with Crippen molar-refractivity contribution in [3.63, 3.8) is 0 Å². The van der Waals surface area contributed by atoms with Crippen molar-refractivity contribution in [3.8, 4) is 0 Å². The molecule has 1 aromatic carbocycles. The SMILES string of the molecule is COC1(CNS(=O)(=O)c2cc(N)ccc2F)CCC1. The molecule has 0 amide bonds. The zero-order chi connectivity index (χ0) is 14.1. The third kappa shape index (κ3) is 2.88. The van der Waals surface area contributed by atoms with Crippen LogP contribution in [0.15, 0.2) is 23.1 Å². The van der Waals surface area contributed by atoms with Crippen LogP contribution < -0.4 is 10.5 Å². The van der Waals surface area contributed by atoms with E-state index in [1.165, 1.54) is 6.07 Å². The van der Waals surface area contributed by atoms with Crippen molar-refractivity contribution in [1.82, 2.24) is 4.72 Å². The number of benzene rings is 1. The van der Waals surface area contributed by atoms with Crippen LogP contribution in [0.25, 0.3) is 0 Å². The fourth-order valence-corrected chi connectivity index (χ4v) is 3.28. The average Bonchev–Trinajstić information content (AvgIpc) is 2.31. The van der Waals surface area contributed by atoms with Crippen LogP contribution in [0.3, 0.4) is 0 Å². The number of hydrogen-bond donors (Lipinski definition) is 2. The van der Waals surface area contributed by atoms with Crippen molar-refractivity contribution >= 4 is 15.7 Å². The minimum atomic E-state index is -3.92. The maximum absolute atomic E-state index is 13.6. The van der Waals surface area contributed by atoms with E-state index in [0.717, 1.165) is 31.4 Å². The van der Waals surface area contributed by atoms with Crippen molar-refractivity contribution < 1.29 is 17.5 Å². The average molecular weight is 288 g/mol. The monoisotopic (exact) mass is 288 g/mol. The molecular formula is C12H17FN2O3S. The van der Waals surface area contributed by atoms with E-state index in [1.807, 2.05) is 0 Å². The van der Waals surface area contributed by atoms with Gasteiger partial charge in [-0.25, -0.2) is 17.5 Å². The smallest absolute Gasteiger partial charge is 0.243 e. The fourth-order valence-electron chi connectivity index (χ4n) is 2.05. The summed E-state index contributed by atoms with van der Waals surface area (Å²) in [5, 5.41) is 0. The number of anilines is 1. The zero-order valence-corrected chi connectivity index (χ0v) is 11.5. The van der Waals surface area contributed by atoms with Crippen LogP contribution in [-0.2, 0) is 14.8 Å². The lowest BCUT2D eigenvalue weighted by Gasteiger charge is -2.40. The molecule has 0 saturated heterocycles. The Bertz CT molecular complexity index is 565. The quantitative estimate of drug-likeness (QED) is 0.799. The molecule has 7 heteroatoms. The van der Waals surface area contributed by atoms with Crippen LogP contribution in [0.1, 0.15) is 19.3 Å². The molecule has 0 aromatic heterocycles. The maximum atomic E-state index is 13.6. The number of nitrogen functional groups attached to an aromatic ring is 1. The first-order chi connectivity index (χ1) is 8.88. The number of methoxy groups -OCH3 is 1. The minimum Gasteiger partial charge on any atom is -0.399 e. The van der Waals surface area contributed by atoms with Gasteiger partial charge in [0, 0.05) is 19.3 Å². The Hall–Kier alpha value is -1.18. The van der Waals surface area contributed by atoms with E-state index in [-0.39, 0.29) is 12.2 Å². The lowest BCUT2D eigenvalue weighted by Crippen LogP contribution is -2.49. The number of hydrogen-bond acceptors (Lipinski definition) is 4. The zero-order valence-electron chi connectivity index (χ0n) is 10.6. The van der Waals surface area contributed by atoms with E-state index in [2.05, 4.69) is 4.72 Å². The lowest BCUT2D eigenvalue weighted by atomic mass is 9.80. The predicted molar refractivity (Wildman–Crippen MR) is 69.6 cm³/mol. The second-order valence-electron chi connectivity index (χ2n) is 4.76. The molecule has 0 bridgehead atoms. The molecule has 0 atom stereocenters. The van der Waals surface area contributed by atoms with Gasteiger partial charge < -0.3 is 10.5 Å². The highest BCUT2D eigenvalue weighted by molar-refractivity contribution is 7.89. The molecule has 0 heterocycles. The van der Waals surface area contributed by atoms with E-state index >= 15 is 0 Å². The molecule has 106 valence electrons. The Labute approximate surface area is 112 Å². The molecule has 3 N–H and O–H groups in total. The van der Waals surface area contributed by atoms with Gasteiger partial charge in [0.15, 0.2) is 0 Å². The van der Waals surface area contributed by atoms with Crippen molar-refractivity contribution in [3.05, 3.63) is 24.0 Å². The molecule has 1 saturated carbocycles. The van der Waals surface area contributed by atoms with Crippen molar-refractivity contribution in [2.45, 2.75) is 29.8 Å². The molecule has 0 aliphatic heterocycles. The first kappa shape index (κ1) is 14.2. The highest BCUT2D eigenvalue weighted by Gasteiger charge is 2.38. The number of halogens is 1. The van der Waals surface area contributed by atoms with E-state index in [9.17, 15) is 12.8 Å². The Morgan fingerprint density at radius 3 is 2.68 bits per heavy atom. The molecule has 1 aromatic rings. The van der Waals surface area contributed by atoms with E-state index in [0.29, 0.717) is 0 Å². The molecule has 0 spiro atoms. The minimum absolute atomic E-state index is 0.139. The predicted octanol–water partition coefficient (Wildman–Crippen LogP) is 1.26. The van der Waals surface area contributed by atoms with Gasteiger partial charge >= 0.3 is 0 Å². The van der Waals surface area contributed by atoms with E-state index in [1.54, 1.807) is 7.11 Å². The molecule has 1 aliphatic carbocycles. The summed E-state index contributed by atoms with van der Waals surface area (Å²) >= 11 is 0. The summed E-state index contributed by atoms with van der Waals surface area (Å²) in [6.45, 7) is 0.139. The van der Waals surface area contributed by atoms with Crippen LogP contribution in [0.2, 0.25) is 0 Å². The van der Waals surface area contributed by atoms with Gasteiger partial charge in [0.1, 0.15) is 10.7 Å². The second-order valence-corrected chi connectivity index (χ2v) is 6.49. The first-order valence-electron chi connectivity index (χ1n) is 5.98. The Morgan fingerprint density at radius 1 is 1.47 bits per heavy atom. The van der Waals surface area contributed by atoms with Gasteiger partial charge in [-0.1, -0.05) is 0 Å². The van der Waals surface area contributed by atoms with Crippen molar-refractivity contribution in [2.75, 3.05) is 19.4 Å². The molecule has 5 nitrogen and oxygen atoms in total. The van der Waals surface area contributed by atoms with Gasteiger partial charge in [-0.2, -0.15) is 0 Å². The molecule has 1 aliphatic rings. The third-order valence-corrected chi connectivity index (χ3v) is 4.94. The second kappa shape index (κ2) is 5.07. The van der Waals surface area contributed by atoms with Crippen molar-refractivity contribution in [2.24, 2.45) is 0 Å². The highest BCUT2D eigenvalue weighted by atomic mass is 32.2. The normalized spacial score (nSPS) is 18.0. The molecule has 2 rings (SSSR count). The summed E-state index contributed by atoms with van der Waals surface area (Å²) in [7, 11) is -2.37. The molecule has 0 unspecified atom stereocenters. The summed E-state index contributed by atoms with van der Waals surface area (Å²) in [4.78, 5) is -0.432. The van der Waals surface area contributed by atoms with Gasteiger partial charge in [0.25, 0.3) is 0 Å². The number of rotatable bonds is 5. The Balaban J connectivity index is 2.16. The number of nitrogens with two attached hydrogens (primary N) is 1. The summed E-state index contributed by atoms with van der Waals surface area (Å²) in [5.41, 5.74) is 5.23. The highest BCUT2D eigenvalue weighted by Crippen LogP contribution is 2.34. The largest absolute Gasteiger partial charge is 0.399 e. The first-order valence-corrected chi connectivity index (χ1v) is 7.47. The van der Waals surface area contributed by atoms with Crippen LogP contribution >= 0.6 is 0 Å². The van der Waals surface area contributed by atoms with Gasteiger partial charge in [-0.15, -0.1) is 0 Å². The lowest BCUT2D eigenvalue weighted by molar-refractivity contribution is -0.0659. The van der Waals surface area contributed by atoms with Crippen molar-refractivity contribution in [1.29, 1.82) is 0 Å².